The second-order valence-corrected chi connectivity index (χ2v) is 4.63. The summed E-state index contributed by atoms with van der Waals surface area (Å²) in [6.07, 6.45) is 3.71. The predicted octanol–water partition coefficient (Wildman–Crippen LogP) is 2.11. The van der Waals surface area contributed by atoms with Crippen LogP contribution in [0, 0.1) is 5.41 Å². The Labute approximate surface area is 91.4 Å². The molecule has 0 atom stereocenters. The van der Waals surface area contributed by atoms with Gasteiger partial charge in [0.2, 0.25) is 0 Å². The molecule has 15 heavy (non-hydrogen) atoms. The van der Waals surface area contributed by atoms with E-state index in [1.807, 2.05) is 0 Å². The van der Waals surface area contributed by atoms with Crippen molar-refractivity contribution in [2.75, 3.05) is 13.7 Å². The number of hydrogen-bond donors (Lipinski definition) is 1. The molecule has 82 valence electrons. The van der Waals surface area contributed by atoms with Crippen molar-refractivity contribution in [3.63, 3.8) is 0 Å². The number of rotatable bonds is 5. The first-order valence-corrected chi connectivity index (χ1v) is 5.55. The summed E-state index contributed by atoms with van der Waals surface area (Å²) >= 11 is 0. The lowest BCUT2D eigenvalue weighted by molar-refractivity contribution is 0.185. The molecule has 1 aliphatic rings. The van der Waals surface area contributed by atoms with Gasteiger partial charge in [-0.05, 0) is 42.3 Å². The van der Waals surface area contributed by atoms with Gasteiger partial charge in [-0.2, -0.15) is 0 Å². The van der Waals surface area contributed by atoms with Gasteiger partial charge in [-0.3, -0.25) is 0 Å². The summed E-state index contributed by atoms with van der Waals surface area (Å²) in [6, 6.07) is 8.64. The number of benzene rings is 1. The van der Waals surface area contributed by atoms with E-state index >= 15 is 0 Å². The average molecular weight is 205 g/mol. The number of methoxy groups -OCH3 is 1. The fourth-order valence-corrected chi connectivity index (χ4v) is 2.06. The highest BCUT2D eigenvalue weighted by molar-refractivity contribution is 5.25. The second-order valence-electron chi connectivity index (χ2n) is 4.63. The number of hydrogen-bond acceptors (Lipinski definition) is 2. The van der Waals surface area contributed by atoms with E-state index in [2.05, 4.69) is 24.3 Å². The number of ether oxygens (including phenoxy) is 1. The molecule has 0 amide bonds. The molecule has 1 saturated carbocycles. The van der Waals surface area contributed by atoms with E-state index in [0.29, 0.717) is 12.0 Å². The maximum Gasteiger partial charge on any atom is 0.0713 e. The summed E-state index contributed by atoms with van der Waals surface area (Å²) in [7, 11) is 1.73. The van der Waals surface area contributed by atoms with Crippen LogP contribution in [-0.2, 0) is 17.8 Å². The van der Waals surface area contributed by atoms with E-state index in [-0.39, 0.29) is 0 Å². The van der Waals surface area contributed by atoms with Gasteiger partial charge in [-0.1, -0.05) is 24.3 Å². The third-order valence-electron chi connectivity index (χ3n) is 3.27. The van der Waals surface area contributed by atoms with Crippen LogP contribution < -0.4 is 5.73 Å². The molecule has 2 rings (SSSR count). The SMILES string of the molecule is COCc1cccc(CC2(CN)CC2)c1. The molecule has 0 aliphatic heterocycles. The smallest absolute Gasteiger partial charge is 0.0713 e. The average Bonchev–Trinajstić information content (AvgIpc) is 3.00. The highest BCUT2D eigenvalue weighted by Crippen LogP contribution is 2.47. The molecule has 1 aromatic rings. The zero-order valence-electron chi connectivity index (χ0n) is 9.33. The van der Waals surface area contributed by atoms with Crippen LogP contribution >= 0.6 is 0 Å². The molecule has 0 spiro atoms. The zero-order chi connectivity index (χ0) is 10.7. The van der Waals surface area contributed by atoms with E-state index < -0.39 is 0 Å². The molecule has 1 aromatic carbocycles. The maximum absolute atomic E-state index is 5.79. The third-order valence-corrected chi connectivity index (χ3v) is 3.27. The van der Waals surface area contributed by atoms with Crippen molar-refractivity contribution in [3.8, 4) is 0 Å². The van der Waals surface area contributed by atoms with Crippen LogP contribution in [0.5, 0.6) is 0 Å². The van der Waals surface area contributed by atoms with Crippen molar-refractivity contribution in [2.45, 2.75) is 25.9 Å². The van der Waals surface area contributed by atoms with E-state index in [1.54, 1.807) is 7.11 Å². The van der Waals surface area contributed by atoms with E-state index in [9.17, 15) is 0 Å². The van der Waals surface area contributed by atoms with Gasteiger partial charge in [0.05, 0.1) is 6.61 Å². The van der Waals surface area contributed by atoms with Gasteiger partial charge in [0.1, 0.15) is 0 Å². The molecule has 0 bridgehead atoms. The van der Waals surface area contributed by atoms with Gasteiger partial charge < -0.3 is 10.5 Å². The van der Waals surface area contributed by atoms with E-state index in [4.69, 9.17) is 10.5 Å². The summed E-state index contributed by atoms with van der Waals surface area (Å²) in [4.78, 5) is 0. The molecular formula is C13H19NO. The Morgan fingerprint density at radius 2 is 2.07 bits per heavy atom. The first kappa shape index (κ1) is 10.7. The minimum absolute atomic E-state index is 0.422. The van der Waals surface area contributed by atoms with Crippen LogP contribution in [-0.4, -0.2) is 13.7 Å². The molecule has 1 aliphatic carbocycles. The summed E-state index contributed by atoms with van der Waals surface area (Å²) in [5.41, 5.74) is 8.86. The monoisotopic (exact) mass is 205 g/mol. The third kappa shape index (κ3) is 2.58. The van der Waals surface area contributed by atoms with Crippen molar-refractivity contribution in [1.29, 1.82) is 0 Å². The Bertz CT molecular complexity index is 331. The fourth-order valence-electron chi connectivity index (χ4n) is 2.06. The van der Waals surface area contributed by atoms with Gasteiger partial charge in [-0.15, -0.1) is 0 Å². The topological polar surface area (TPSA) is 35.2 Å². The lowest BCUT2D eigenvalue weighted by Crippen LogP contribution is -2.17. The van der Waals surface area contributed by atoms with Gasteiger partial charge in [0.15, 0.2) is 0 Å². The van der Waals surface area contributed by atoms with Gasteiger partial charge in [0.25, 0.3) is 0 Å². The van der Waals surface area contributed by atoms with Crippen LogP contribution in [0.15, 0.2) is 24.3 Å². The molecular weight excluding hydrogens is 186 g/mol. The first-order valence-electron chi connectivity index (χ1n) is 5.55. The Morgan fingerprint density at radius 1 is 1.33 bits per heavy atom. The van der Waals surface area contributed by atoms with Crippen molar-refractivity contribution in [2.24, 2.45) is 11.1 Å². The van der Waals surface area contributed by atoms with Crippen molar-refractivity contribution in [1.82, 2.24) is 0 Å². The Kier molecular flexibility index (Phi) is 3.08. The highest BCUT2D eigenvalue weighted by Gasteiger charge is 2.40. The summed E-state index contributed by atoms with van der Waals surface area (Å²) in [6.45, 7) is 1.52. The van der Waals surface area contributed by atoms with Crippen molar-refractivity contribution in [3.05, 3.63) is 35.4 Å². The molecule has 0 aromatic heterocycles. The number of nitrogens with two attached hydrogens (primary N) is 1. The van der Waals surface area contributed by atoms with Crippen LogP contribution in [0.4, 0.5) is 0 Å². The standard InChI is InChI=1S/C13H19NO/c1-15-9-12-4-2-3-11(7-12)8-13(10-14)5-6-13/h2-4,7H,5-6,8-10,14H2,1H3. The lowest BCUT2D eigenvalue weighted by atomic mass is 9.96. The Hall–Kier alpha value is -0.860. The molecule has 2 N–H and O–H groups in total. The van der Waals surface area contributed by atoms with Crippen LogP contribution in [0.3, 0.4) is 0 Å². The molecule has 1 fully saturated rings. The van der Waals surface area contributed by atoms with Gasteiger partial charge >= 0.3 is 0 Å². The quantitative estimate of drug-likeness (QED) is 0.799. The minimum atomic E-state index is 0.422. The maximum atomic E-state index is 5.79. The van der Waals surface area contributed by atoms with Crippen molar-refractivity contribution >= 4 is 0 Å². The molecule has 0 heterocycles. The summed E-state index contributed by atoms with van der Waals surface area (Å²) in [5.74, 6) is 0. The van der Waals surface area contributed by atoms with E-state index in [1.165, 1.54) is 24.0 Å². The van der Waals surface area contributed by atoms with E-state index in [0.717, 1.165) is 13.0 Å². The van der Waals surface area contributed by atoms with Crippen molar-refractivity contribution < 1.29 is 4.74 Å². The molecule has 0 unspecified atom stereocenters. The lowest BCUT2D eigenvalue weighted by Gasteiger charge is -2.12. The molecule has 2 nitrogen and oxygen atoms in total. The normalized spacial score (nSPS) is 17.7. The fraction of sp³-hybridized carbons (Fsp3) is 0.538. The zero-order valence-corrected chi connectivity index (χ0v) is 9.33. The molecule has 0 radical (unpaired) electrons. The van der Waals surface area contributed by atoms with Gasteiger partial charge in [0, 0.05) is 7.11 Å². The minimum Gasteiger partial charge on any atom is -0.380 e. The Balaban J connectivity index is 2.05. The summed E-state index contributed by atoms with van der Waals surface area (Å²) < 4.78 is 5.13. The van der Waals surface area contributed by atoms with Crippen LogP contribution in [0.1, 0.15) is 24.0 Å². The summed E-state index contributed by atoms with van der Waals surface area (Å²) in [5, 5.41) is 0. The largest absolute Gasteiger partial charge is 0.380 e. The highest BCUT2D eigenvalue weighted by atomic mass is 16.5. The van der Waals surface area contributed by atoms with Crippen LogP contribution in [0.25, 0.3) is 0 Å². The van der Waals surface area contributed by atoms with Crippen LogP contribution in [0.2, 0.25) is 0 Å². The first-order chi connectivity index (χ1) is 7.28. The Morgan fingerprint density at radius 3 is 2.67 bits per heavy atom. The predicted molar refractivity (Wildman–Crippen MR) is 61.6 cm³/mol. The molecule has 2 heteroatoms. The second kappa shape index (κ2) is 4.33. The molecule has 0 saturated heterocycles. The van der Waals surface area contributed by atoms with Gasteiger partial charge in [-0.25, -0.2) is 0 Å².